The van der Waals surface area contributed by atoms with Crippen LogP contribution in [0.15, 0.2) is 23.8 Å². The van der Waals surface area contributed by atoms with Crippen molar-refractivity contribution < 1.29 is 46.9 Å². The van der Waals surface area contributed by atoms with Gasteiger partial charge in [-0.15, -0.1) is 0 Å². The van der Waals surface area contributed by atoms with Gasteiger partial charge in [0.15, 0.2) is 35.1 Å². The molecule has 7 N–H and O–H groups in total. The van der Waals surface area contributed by atoms with Gasteiger partial charge in [-0.05, 0) is 11.8 Å². The normalized spacial score (nSPS) is 39.7. The highest BCUT2D eigenvalue weighted by Crippen LogP contribution is 2.61. The number of nitrogens with one attached hydrogen (secondary N) is 1. The molecular weight excluding hydrogens is 694 g/mol. The van der Waals surface area contributed by atoms with Crippen LogP contribution in [0.25, 0.3) is 22.3 Å². The van der Waals surface area contributed by atoms with Gasteiger partial charge in [-0.25, -0.2) is 24.5 Å². The number of rotatable bonds is 2. The van der Waals surface area contributed by atoms with Gasteiger partial charge in [0.1, 0.15) is 48.0 Å². The van der Waals surface area contributed by atoms with Crippen molar-refractivity contribution in [2.45, 2.75) is 48.6 Å². The molecule has 25 heteroatoms. The van der Waals surface area contributed by atoms with Crippen LogP contribution < -0.4 is 17.0 Å². The predicted octanol–water partition coefficient (Wildman–Crippen LogP) is -0.880. The van der Waals surface area contributed by atoms with Gasteiger partial charge in [-0.1, -0.05) is 12.2 Å². The van der Waals surface area contributed by atoms with Crippen molar-refractivity contribution >= 4 is 71.7 Å². The van der Waals surface area contributed by atoms with Gasteiger partial charge in [0.25, 0.3) is 5.56 Å². The van der Waals surface area contributed by atoms with Gasteiger partial charge in [0.05, 0.1) is 32.5 Å². The molecule has 0 aliphatic carbocycles. The third kappa shape index (κ3) is 4.89. The first-order chi connectivity index (χ1) is 21.8. The molecule has 4 bridgehead atoms. The minimum absolute atomic E-state index is 0.0133. The minimum atomic E-state index is -4.36. The van der Waals surface area contributed by atoms with Crippen LogP contribution in [0.1, 0.15) is 12.5 Å². The van der Waals surface area contributed by atoms with E-state index in [1.54, 1.807) is 4.57 Å². The highest BCUT2D eigenvalue weighted by Gasteiger charge is 2.65. The zero-order chi connectivity index (χ0) is 32.2. The van der Waals surface area contributed by atoms with Crippen molar-refractivity contribution in [3.05, 3.63) is 29.3 Å². The molecular formula is C21H24N10O11P2S2. The van der Waals surface area contributed by atoms with Crippen molar-refractivity contribution in [1.29, 1.82) is 0 Å². The Bertz CT molecular complexity index is 2030. The van der Waals surface area contributed by atoms with E-state index in [2.05, 4.69) is 42.2 Å². The first-order valence-corrected chi connectivity index (χ1v) is 18.7. The summed E-state index contributed by atoms with van der Waals surface area (Å²) in [4.78, 5) is 46.5. The zero-order valence-electron chi connectivity index (χ0n) is 23.0. The van der Waals surface area contributed by atoms with Crippen molar-refractivity contribution in [3.8, 4) is 0 Å². The Kier molecular flexibility index (Phi) is 7.13. The third-order valence-electron chi connectivity index (χ3n) is 8.05. The van der Waals surface area contributed by atoms with E-state index in [4.69, 9.17) is 55.6 Å². The summed E-state index contributed by atoms with van der Waals surface area (Å²) < 4.78 is 58.1. The number of fused-ring (bicyclic) bond motifs is 4. The smallest absolute Gasteiger partial charge is 0.386 e. The molecule has 246 valence electrons. The van der Waals surface area contributed by atoms with Crippen LogP contribution in [-0.4, -0.2) is 105 Å². The summed E-state index contributed by atoms with van der Waals surface area (Å²) in [6.07, 6.45) is -4.56. The summed E-state index contributed by atoms with van der Waals surface area (Å²) in [5.41, 5.74) is 10.1. The number of thiol groups is 1. The Balaban J connectivity index is 1.14. The van der Waals surface area contributed by atoms with E-state index in [0.29, 0.717) is 11.2 Å². The fourth-order valence-electron chi connectivity index (χ4n) is 5.97. The lowest BCUT2D eigenvalue weighted by Crippen LogP contribution is -2.45. The number of aliphatic hydroxyl groups excluding tert-OH is 1. The molecule has 0 amide bonds. The van der Waals surface area contributed by atoms with E-state index in [-0.39, 0.29) is 29.5 Å². The van der Waals surface area contributed by atoms with Crippen molar-refractivity contribution in [1.82, 2.24) is 39.0 Å². The maximum atomic E-state index is 13.7. The number of aromatic nitrogens is 8. The van der Waals surface area contributed by atoms with Crippen LogP contribution in [0, 0.1) is 0 Å². The fourth-order valence-corrected chi connectivity index (χ4v) is 8.91. The zero-order valence-corrected chi connectivity index (χ0v) is 26.5. The van der Waals surface area contributed by atoms with Crippen LogP contribution >= 0.6 is 25.8 Å². The van der Waals surface area contributed by atoms with Crippen molar-refractivity contribution in [2.75, 3.05) is 31.3 Å². The number of nitrogens with two attached hydrogens (primary N) is 2. The molecule has 0 saturated carbocycles. The minimum Gasteiger partial charge on any atom is -0.387 e. The Morgan fingerprint density at radius 1 is 1.04 bits per heavy atom. The lowest BCUT2D eigenvalue weighted by atomic mass is 10.0. The molecule has 10 atom stereocenters. The third-order valence-corrected chi connectivity index (χ3v) is 11.2. The quantitative estimate of drug-likeness (QED) is 0.108. The molecule has 4 saturated heterocycles. The maximum absolute atomic E-state index is 13.7. The lowest BCUT2D eigenvalue weighted by molar-refractivity contribution is -0.183. The number of aromatic amines is 1. The molecule has 4 aromatic heterocycles. The average Bonchev–Trinajstić information content (AvgIpc) is 3.80. The largest absolute Gasteiger partial charge is 0.387 e. The van der Waals surface area contributed by atoms with Gasteiger partial charge in [0, 0.05) is 0 Å². The molecule has 0 radical (unpaired) electrons. The first-order valence-electron chi connectivity index (χ1n) is 13.4. The van der Waals surface area contributed by atoms with Crippen LogP contribution in [0.2, 0.25) is 0 Å². The molecule has 21 nitrogen and oxygen atoms in total. The molecule has 4 aliphatic rings. The Labute approximate surface area is 266 Å². The number of ether oxygens (including phenoxy) is 3. The van der Waals surface area contributed by atoms with Gasteiger partial charge in [-0.3, -0.25) is 32.5 Å². The number of hydrogen-bond donors (Lipinski definition) is 6. The Hall–Kier alpha value is -2.63. The van der Waals surface area contributed by atoms with Crippen molar-refractivity contribution in [2.24, 2.45) is 0 Å². The van der Waals surface area contributed by atoms with Crippen LogP contribution in [0.3, 0.4) is 0 Å². The molecule has 4 aliphatic heterocycles. The SMILES string of the molecule is Nc1nc2c(ncn2[C@@H]2O[C@@H]3COP(O)(=S)O[C@H]4[C@H]5OC[C@]4(COP(=O)(S)O[C@H]2[C@@H]3O)O[C@H]5n2cnc3c(N)ncnc32)c(=O)[nH]1. The summed E-state index contributed by atoms with van der Waals surface area (Å²) >= 11 is 9.51. The molecule has 2 unspecified atom stereocenters. The number of hydrogen-bond acceptors (Lipinski definition) is 18. The topological polar surface area (TPSA) is 281 Å². The summed E-state index contributed by atoms with van der Waals surface area (Å²) in [5.74, 6) is -0.0633. The summed E-state index contributed by atoms with van der Waals surface area (Å²) in [6, 6.07) is 0. The van der Waals surface area contributed by atoms with E-state index in [0.717, 1.165) is 0 Å². The number of nitrogens with zero attached hydrogens (tertiary/aromatic N) is 7. The Morgan fingerprint density at radius 3 is 2.61 bits per heavy atom. The average molecular weight is 719 g/mol. The number of anilines is 2. The van der Waals surface area contributed by atoms with Crippen molar-refractivity contribution in [3.63, 3.8) is 0 Å². The highest BCUT2D eigenvalue weighted by atomic mass is 32.7. The maximum Gasteiger partial charge on any atom is 0.386 e. The predicted molar refractivity (Wildman–Crippen MR) is 160 cm³/mol. The Morgan fingerprint density at radius 2 is 1.80 bits per heavy atom. The number of imidazole rings is 2. The second-order valence-corrected chi connectivity index (χ2v) is 16.5. The fraction of sp³-hybridized carbons (Fsp3) is 0.524. The summed E-state index contributed by atoms with van der Waals surface area (Å²) in [7, 11) is 0. The van der Waals surface area contributed by atoms with Gasteiger partial charge in [0.2, 0.25) is 5.95 Å². The van der Waals surface area contributed by atoms with E-state index in [9.17, 15) is 19.4 Å². The lowest BCUT2D eigenvalue weighted by Gasteiger charge is -2.33. The number of H-pyrrole nitrogens is 1. The molecule has 8 heterocycles. The highest BCUT2D eigenvalue weighted by molar-refractivity contribution is 8.44. The second-order valence-electron chi connectivity index (χ2n) is 10.9. The number of nitrogen functional groups attached to an aromatic ring is 2. The van der Waals surface area contributed by atoms with E-state index in [1.807, 2.05) is 0 Å². The van der Waals surface area contributed by atoms with Crippen LogP contribution in [-0.2, 0) is 48.7 Å². The molecule has 0 aromatic carbocycles. The molecule has 0 spiro atoms. The molecule has 4 aromatic rings. The van der Waals surface area contributed by atoms with E-state index in [1.165, 1.54) is 23.5 Å². The van der Waals surface area contributed by atoms with Crippen LogP contribution in [0.5, 0.6) is 0 Å². The standard InChI is InChI=1S/C21H24N10O11P2S2/c22-14-8-15(25-4-24-14)30(5-26-8)19-12-13-21(40-19,2-36-12)3-38-44(35,46)41-11-10(32)7(1-37-43(34,45)42-13)39-18(11)31-6-27-9-16(31)28-20(23)29-17(9)33/h4-7,10-13,18-19,32H,1-3H2,(H,34,45)(H,35,46)(H2,22,24,25)(H3,23,28,29,33)/t7-,10-,11+,12-,13+,18-,19-,21-,43?,44?/m1/s1. The molecule has 4 fully saturated rings. The van der Waals surface area contributed by atoms with Crippen LogP contribution in [0.4, 0.5) is 11.8 Å². The van der Waals surface area contributed by atoms with Gasteiger partial charge < -0.3 is 40.2 Å². The van der Waals surface area contributed by atoms with E-state index < -0.39 is 80.9 Å². The summed E-state index contributed by atoms with van der Waals surface area (Å²) in [5, 5.41) is 11.2. The molecule has 8 rings (SSSR count). The monoisotopic (exact) mass is 718 g/mol. The second kappa shape index (κ2) is 10.7. The first kappa shape index (κ1) is 30.7. The summed E-state index contributed by atoms with van der Waals surface area (Å²) in [6.45, 7) is -9.59. The number of aliphatic hydroxyl groups is 1. The van der Waals surface area contributed by atoms with E-state index >= 15 is 0 Å². The molecule has 46 heavy (non-hydrogen) atoms. The van der Waals surface area contributed by atoms with Gasteiger partial charge in [-0.2, -0.15) is 4.98 Å². The van der Waals surface area contributed by atoms with Gasteiger partial charge >= 0.3 is 13.5 Å².